The van der Waals surface area contributed by atoms with E-state index in [0.29, 0.717) is 17.9 Å². The minimum Gasteiger partial charge on any atom is -0.342 e. The smallest absolute Gasteiger partial charge is 0.253 e. The molecule has 1 amide bonds. The molecule has 6 nitrogen and oxygen atoms in total. The first-order chi connectivity index (χ1) is 9.13. The highest BCUT2D eigenvalue weighted by Crippen LogP contribution is 2.16. The molecule has 2 N–H and O–H groups in total. The Bertz CT molecular complexity index is 536. The maximum Gasteiger partial charge on any atom is 0.253 e. The second-order valence-corrected chi connectivity index (χ2v) is 4.33. The predicted octanol–water partition coefficient (Wildman–Crippen LogP) is 1.16. The van der Waals surface area contributed by atoms with Gasteiger partial charge in [0, 0.05) is 30.8 Å². The van der Waals surface area contributed by atoms with Crippen LogP contribution in [-0.4, -0.2) is 40.6 Å². The van der Waals surface area contributed by atoms with Crippen LogP contribution in [-0.2, 0) is 0 Å². The molecule has 100 valence electrons. The number of carbonyl (C=O) groups is 1. The number of carbonyl (C=O) groups excluding carboxylic acids is 1. The summed E-state index contributed by atoms with van der Waals surface area (Å²) in [7, 11) is 1.74. The van der Waals surface area contributed by atoms with Gasteiger partial charge in [-0.1, -0.05) is 17.3 Å². The van der Waals surface area contributed by atoms with Crippen molar-refractivity contribution in [1.82, 2.24) is 15.0 Å². The van der Waals surface area contributed by atoms with Crippen LogP contribution >= 0.6 is 0 Å². The first kappa shape index (κ1) is 13.2. The van der Waals surface area contributed by atoms with Crippen molar-refractivity contribution in [2.45, 2.75) is 13.0 Å². The van der Waals surface area contributed by atoms with Gasteiger partial charge in [-0.2, -0.15) is 4.98 Å². The second kappa shape index (κ2) is 5.62. The number of benzene rings is 1. The summed E-state index contributed by atoms with van der Waals surface area (Å²) in [6, 6.07) is 7.07. The summed E-state index contributed by atoms with van der Waals surface area (Å²) in [6.45, 7) is 2.34. The Morgan fingerprint density at radius 2 is 2.11 bits per heavy atom. The first-order valence-corrected chi connectivity index (χ1v) is 5.97. The van der Waals surface area contributed by atoms with Gasteiger partial charge in [-0.15, -0.1) is 0 Å². The number of nitrogens with two attached hydrogens (primary N) is 1. The summed E-state index contributed by atoms with van der Waals surface area (Å²) in [5.74, 6) is 0.445. The second-order valence-electron chi connectivity index (χ2n) is 4.33. The van der Waals surface area contributed by atoms with Gasteiger partial charge in [-0.25, -0.2) is 0 Å². The molecule has 0 spiro atoms. The average molecular weight is 260 g/mol. The van der Waals surface area contributed by atoms with Crippen LogP contribution in [0.5, 0.6) is 0 Å². The molecule has 0 saturated heterocycles. The molecular weight excluding hydrogens is 244 g/mol. The fraction of sp³-hybridized carbons (Fsp3) is 0.308. The highest BCUT2D eigenvalue weighted by atomic mass is 16.5. The van der Waals surface area contributed by atoms with Gasteiger partial charge in [0.15, 0.2) is 0 Å². The van der Waals surface area contributed by atoms with E-state index < -0.39 is 0 Å². The fourth-order valence-corrected chi connectivity index (χ4v) is 1.62. The normalized spacial score (nSPS) is 12.2. The minimum absolute atomic E-state index is 0.00406. The third-order valence-electron chi connectivity index (χ3n) is 3.07. The molecule has 1 aromatic heterocycles. The lowest BCUT2D eigenvalue weighted by molar-refractivity contribution is 0.0748. The van der Waals surface area contributed by atoms with E-state index in [9.17, 15) is 4.79 Å². The number of likely N-dealkylation sites (N-methyl/N-ethyl adjacent to an activating group) is 1. The monoisotopic (exact) mass is 260 g/mol. The lowest BCUT2D eigenvalue weighted by Crippen LogP contribution is -2.39. The summed E-state index contributed by atoms with van der Waals surface area (Å²) in [6.07, 6.45) is 1.27. The summed E-state index contributed by atoms with van der Waals surface area (Å²) >= 11 is 0. The van der Waals surface area contributed by atoms with Crippen LogP contribution in [0.3, 0.4) is 0 Å². The number of hydrogen-bond acceptors (Lipinski definition) is 5. The van der Waals surface area contributed by atoms with Gasteiger partial charge in [-0.3, -0.25) is 4.79 Å². The zero-order valence-electron chi connectivity index (χ0n) is 10.9. The van der Waals surface area contributed by atoms with Crippen molar-refractivity contribution >= 4 is 5.91 Å². The van der Waals surface area contributed by atoms with Crippen molar-refractivity contribution in [3.63, 3.8) is 0 Å². The van der Waals surface area contributed by atoms with Gasteiger partial charge in [0.2, 0.25) is 12.2 Å². The molecule has 6 heteroatoms. The molecule has 0 bridgehead atoms. The highest BCUT2D eigenvalue weighted by Gasteiger charge is 2.16. The summed E-state index contributed by atoms with van der Waals surface area (Å²) in [5, 5.41) is 3.74. The van der Waals surface area contributed by atoms with Gasteiger partial charge >= 0.3 is 0 Å². The van der Waals surface area contributed by atoms with Crippen LogP contribution in [0.25, 0.3) is 11.4 Å². The standard InChI is InChI=1S/C13H16N4O2/c1-9(7-14)17(2)13(18)11-5-3-10(4-6-11)12-15-8-19-16-12/h3-6,8-9H,7,14H2,1-2H3. The van der Waals surface area contributed by atoms with Crippen molar-refractivity contribution in [2.75, 3.05) is 13.6 Å². The Morgan fingerprint density at radius 3 is 2.63 bits per heavy atom. The molecule has 1 heterocycles. The SMILES string of the molecule is CC(CN)N(C)C(=O)c1ccc(-c2ncon2)cc1. The molecule has 0 saturated carbocycles. The molecule has 2 aromatic rings. The first-order valence-electron chi connectivity index (χ1n) is 5.97. The maximum atomic E-state index is 12.2. The van der Waals surface area contributed by atoms with Crippen LogP contribution in [0.15, 0.2) is 35.2 Å². The number of amides is 1. The highest BCUT2D eigenvalue weighted by molar-refractivity contribution is 5.94. The molecule has 1 unspecified atom stereocenters. The molecule has 19 heavy (non-hydrogen) atoms. The maximum absolute atomic E-state index is 12.2. The predicted molar refractivity (Wildman–Crippen MR) is 70.3 cm³/mol. The van der Waals surface area contributed by atoms with Crippen LogP contribution < -0.4 is 5.73 Å². The Balaban J connectivity index is 2.17. The van der Waals surface area contributed by atoms with Crippen molar-refractivity contribution in [1.29, 1.82) is 0 Å². The van der Waals surface area contributed by atoms with E-state index in [1.165, 1.54) is 6.39 Å². The summed E-state index contributed by atoms with van der Waals surface area (Å²) < 4.78 is 4.68. The topological polar surface area (TPSA) is 85.2 Å². The lowest BCUT2D eigenvalue weighted by Gasteiger charge is -2.23. The van der Waals surface area contributed by atoms with Gasteiger partial charge in [0.05, 0.1) is 0 Å². The van der Waals surface area contributed by atoms with Gasteiger partial charge in [0.25, 0.3) is 5.91 Å². The molecule has 1 atom stereocenters. The molecule has 2 rings (SSSR count). The number of nitrogens with zero attached hydrogens (tertiary/aromatic N) is 3. The van der Waals surface area contributed by atoms with E-state index in [1.54, 1.807) is 36.2 Å². The molecular formula is C13H16N4O2. The van der Waals surface area contributed by atoms with Crippen molar-refractivity contribution in [2.24, 2.45) is 5.73 Å². The van der Waals surface area contributed by atoms with E-state index in [2.05, 4.69) is 14.7 Å². The van der Waals surface area contributed by atoms with E-state index in [-0.39, 0.29) is 11.9 Å². The Morgan fingerprint density at radius 1 is 1.42 bits per heavy atom. The van der Waals surface area contributed by atoms with E-state index in [0.717, 1.165) is 5.56 Å². The van der Waals surface area contributed by atoms with Gasteiger partial charge in [0.1, 0.15) is 0 Å². The van der Waals surface area contributed by atoms with Crippen LogP contribution in [0.2, 0.25) is 0 Å². The Labute approximate surface area is 111 Å². The van der Waals surface area contributed by atoms with Crippen molar-refractivity contribution < 1.29 is 9.32 Å². The van der Waals surface area contributed by atoms with Gasteiger partial charge < -0.3 is 15.2 Å². The average Bonchev–Trinajstić information content (AvgIpc) is 2.99. The minimum atomic E-state index is -0.0578. The molecule has 0 aliphatic rings. The van der Waals surface area contributed by atoms with E-state index >= 15 is 0 Å². The number of rotatable bonds is 4. The Kier molecular flexibility index (Phi) is 3.91. The molecule has 0 aliphatic carbocycles. The van der Waals surface area contributed by atoms with Crippen molar-refractivity contribution in [3.05, 3.63) is 36.2 Å². The third kappa shape index (κ3) is 2.79. The zero-order chi connectivity index (χ0) is 13.8. The number of hydrogen-bond donors (Lipinski definition) is 1. The van der Waals surface area contributed by atoms with Crippen LogP contribution in [0.1, 0.15) is 17.3 Å². The van der Waals surface area contributed by atoms with Crippen LogP contribution in [0.4, 0.5) is 0 Å². The largest absolute Gasteiger partial charge is 0.342 e. The number of aromatic nitrogens is 2. The van der Waals surface area contributed by atoms with Crippen LogP contribution in [0, 0.1) is 0 Å². The molecule has 0 fully saturated rings. The quantitative estimate of drug-likeness (QED) is 0.891. The third-order valence-corrected chi connectivity index (χ3v) is 3.07. The van der Waals surface area contributed by atoms with Crippen molar-refractivity contribution in [3.8, 4) is 11.4 Å². The zero-order valence-corrected chi connectivity index (χ0v) is 10.9. The summed E-state index contributed by atoms with van der Waals surface area (Å²) in [4.78, 5) is 17.7. The lowest BCUT2D eigenvalue weighted by atomic mass is 10.1. The summed E-state index contributed by atoms with van der Waals surface area (Å²) in [5.41, 5.74) is 6.97. The molecule has 0 aliphatic heterocycles. The van der Waals surface area contributed by atoms with E-state index in [1.807, 2.05) is 6.92 Å². The van der Waals surface area contributed by atoms with E-state index in [4.69, 9.17) is 5.73 Å². The molecule has 1 aromatic carbocycles. The Hall–Kier alpha value is -2.21. The van der Waals surface area contributed by atoms with Gasteiger partial charge in [-0.05, 0) is 19.1 Å². The fourth-order valence-electron chi connectivity index (χ4n) is 1.62. The molecule has 0 radical (unpaired) electrons.